The third-order valence-corrected chi connectivity index (χ3v) is 6.09. The van der Waals surface area contributed by atoms with Crippen molar-refractivity contribution in [1.29, 1.82) is 0 Å². The van der Waals surface area contributed by atoms with Gasteiger partial charge in [0.2, 0.25) is 5.75 Å². The molecule has 6 nitrogen and oxygen atoms in total. The third kappa shape index (κ3) is 3.91. The lowest BCUT2D eigenvalue weighted by Gasteiger charge is -2.41. The van der Waals surface area contributed by atoms with Gasteiger partial charge in [0, 0.05) is 30.4 Å². The number of hydrogen-bond donors (Lipinski definition) is 0. The monoisotopic (exact) mass is 410 g/mol. The first-order valence-corrected chi connectivity index (χ1v) is 10.6. The third-order valence-electron chi connectivity index (χ3n) is 6.09. The second kappa shape index (κ2) is 8.86. The zero-order chi connectivity index (χ0) is 21.1. The molecule has 0 radical (unpaired) electrons. The topological polar surface area (TPSA) is 51.2 Å². The summed E-state index contributed by atoms with van der Waals surface area (Å²) < 4.78 is 16.3. The standard InChI is InChI=1S/C24H30N2O4/c1-28-21-13-18(14-22(29-2)23(21)30-3)24(27)25-15-19-10-7-11-26(19)20(16-25)12-17-8-5-4-6-9-17/h5,8-9,12-14,19H,4,6-7,10-11,15-16H2,1-3H3/b20-12-/t19-/m0/s1. The van der Waals surface area contributed by atoms with Gasteiger partial charge in [-0.2, -0.15) is 0 Å². The Morgan fingerprint density at radius 2 is 1.87 bits per heavy atom. The summed E-state index contributed by atoms with van der Waals surface area (Å²) in [6.07, 6.45) is 13.4. The van der Waals surface area contributed by atoms with Crippen LogP contribution in [0.4, 0.5) is 0 Å². The maximum atomic E-state index is 13.5. The van der Waals surface area contributed by atoms with Gasteiger partial charge in [-0.15, -0.1) is 0 Å². The molecule has 0 aromatic heterocycles. The highest BCUT2D eigenvalue weighted by Gasteiger charge is 2.35. The van der Waals surface area contributed by atoms with Crippen molar-refractivity contribution in [2.24, 2.45) is 0 Å². The van der Waals surface area contributed by atoms with Gasteiger partial charge < -0.3 is 24.0 Å². The molecule has 2 saturated heterocycles. The average Bonchev–Trinajstić information content (AvgIpc) is 3.27. The number of ether oxygens (including phenoxy) is 3. The summed E-state index contributed by atoms with van der Waals surface area (Å²) in [6, 6.07) is 3.85. The quantitative estimate of drug-likeness (QED) is 0.739. The molecule has 0 bridgehead atoms. The highest BCUT2D eigenvalue weighted by atomic mass is 16.5. The summed E-state index contributed by atoms with van der Waals surface area (Å²) in [5.74, 6) is 1.47. The molecule has 1 amide bonds. The molecule has 0 spiro atoms. The lowest BCUT2D eigenvalue weighted by atomic mass is 10.0. The Morgan fingerprint density at radius 1 is 1.10 bits per heavy atom. The first-order valence-electron chi connectivity index (χ1n) is 10.6. The van der Waals surface area contributed by atoms with Gasteiger partial charge in [-0.05, 0) is 49.5 Å². The number of nitrogens with zero attached hydrogens (tertiary/aromatic N) is 2. The Kier molecular flexibility index (Phi) is 6.02. The van der Waals surface area contributed by atoms with Crippen LogP contribution in [0.15, 0.2) is 47.7 Å². The van der Waals surface area contributed by atoms with E-state index in [1.54, 1.807) is 33.5 Å². The predicted molar refractivity (Wildman–Crippen MR) is 116 cm³/mol. The second-order valence-corrected chi connectivity index (χ2v) is 7.91. The van der Waals surface area contributed by atoms with E-state index in [1.165, 1.54) is 17.7 Å². The zero-order valence-corrected chi connectivity index (χ0v) is 18.0. The first kappa shape index (κ1) is 20.4. The fourth-order valence-electron chi connectivity index (χ4n) is 4.61. The minimum Gasteiger partial charge on any atom is -0.493 e. The number of amides is 1. The number of benzene rings is 1. The molecule has 2 heterocycles. The molecular weight excluding hydrogens is 380 g/mol. The molecule has 2 fully saturated rings. The number of fused-ring (bicyclic) bond motifs is 1. The average molecular weight is 411 g/mol. The van der Waals surface area contributed by atoms with E-state index in [1.807, 2.05) is 4.90 Å². The molecule has 1 aromatic rings. The molecule has 2 aliphatic heterocycles. The summed E-state index contributed by atoms with van der Waals surface area (Å²) in [7, 11) is 4.69. The van der Waals surface area contributed by atoms with Crippen LogP contribution in [-0.4, -0.2) is 62.7 Å². The van der Waals surface area contributed by atoms with Gasteiger partial charge in [0.15, 0.2) is 11.5 Å². The molecule has 0 N–H and O–H groups in total. The largest absolute Gasteiger partial charge is 0.493 e. The van der Waals surface area contributed by atoms with E-state index in [9.17, 15) is 4.79 Å². The van der Waals surface area contributed by atoms with Crippen LogP contribution in [0.3, 0.4) is 0 Å². The molecule has 3 aliphatic rings. The Morgan fingerprint density at radius 3 is 2.50 bits per heavy atom. The van der Waals surface area contributed by atoms with Gasteiger partial charge in [0.1, 0.15) is 0 Å². The van der Waals surface area contributed by atoms with E-state index in [0.29, 0.717) is 35.4 Å². The van der Waals surface area contributed by atoms with E-state index in [0.717, 1.165) is 32.4 Å². The maximum Gasteiger partial charge on any atom is 0.254 e. The van der Waals surface area contributed by atoms with Crippen LogP contribution in [0.5, 0.6) is 17.2 Å². The van der Waals surface area contributed by atoms with Gasteiger partial charge in [0.05, 0.1) is 27.9 Å². The van der Waals surface area contributed by atoms with Gasteiger partial charge >= 0.3 is 0 Å². The number of hydrogen-bond acceptors (Lipinski definition) is 5. The molecule has 1 atom stereocenters. The van der Waals surface area contributed by atoms with Crippen LogP contribution >= 0.6 is 0 Å². The number of carbonyl (C=O) groups is 1. The number of methoxy groups -OCH3 is 3. The highest BCUT2D eigenvalue weighted by Crippen LogP contribution is 2.39. The molecule has 0 saturated carbocycles. The van der Waals surface area contributed by atoms with Crippen molar-refractivity contribution in [3.63, 3.8) is 0 Å². The van der Waals surface area contributed by atoms with Crippen LogP contribution in [0.2, 0.25) is 0 Å². The Hall–Kier alpha value is -2.89. The van der Waals surface area contributed by atoms with E-state index >= 15 is 0 Å². The van der Waals surface area contributed by atoms with Crippen LogP contribution < -0.4 is 14.2 Å². The van der Waals surface area contributed by atoms with Crippen molar-refractivity contribution < 1.29 is 19.0 Å². The fourth-order valence-corrected chi connectivity index (χ4v) is 4.61. The summed E-state index contributed by atoms with van der Waals surface area (Å²) in [5, 5.41) is 0. The normalized spacial score (nSPS) is 22.0. The van der Waals surface area contributed by atoms with Gasteiger partial charge in [0.25, 0.3) is 5.91 Å². The summed E-state index contributed by atoms with van der Waals surface area (Å²) in [4.78, 5) is 17.9. The van der Waals surface area contributed by atoms with E-state index in [4.69, 9.17) is 14.2 Å². The molecule has 1 aliphatic carbocycles. The minimum atomic E-state index is -0.0140. The summed E-state index contributed by atoms with van der Waals surface area (Å²) in [6.45, 7) is 2.42. The SMILES string of the molecule is COc1cc(C(=O)N2C/C(=C/C3=CCCC=C3)N3CCC[C@H]3C2)cc(OC)c1OC. The van der Waals surface area contributed by atoms with E-state index < -0.39 is 0 Å². The molecule has 4 rings (SSSR count). The van der Waals surface area contributed by atoms with Crippen molar-refractivity contribution >= 4 is 5.91 Å². The van der Waals surface area contributed by atoms with E-state index in [2.05, 4.69) is 29.2 Å². The molecule has 6 heteroatoms. The number of rotatable bonds is 5. The lowest BCUT2D eigenvalue weighted by Crippen LogP contribution is -2.50. The summed E-state index contributed by atoms with van der Waals surface area (Å²) in [5.41, 5.74) is 3.01. The predicted octanol–water partition coefficient (Wildman–Crippen LogP) is 3.79. The van der Waals surface area contributed by atoms with Crippen molar-refractivity contribution in [1.82, 2.24) is 9.80 Å². The van der Waals surface area contributed by atoms with Gasteiger partial charge in [-0.3, -0.25) is 4.79 Å². The minimum absolute atomic E-state index is 0.0140. The summed E-state index contributed by atoms with van der Waals surface area (Å²) >= 11 is 0. The number of allylic oxidation sites excluding steroid dienone is 5. The van der Waals surface area contributed by atoms with Crippen molar-refractivity contribution in [2.75, 3.05) is 41.0 Å². The first-order chi connectivity index (χ1) is 14.6. The zero-order valence-electron chi connectivity index (χ0n) is 18.0. The smallest absolute Gasteiger partial charge is 0.254 e. The van der Waals surface area contributed by atoms with Crippen molar-refractivity contribution in [3.05, 3.63) is 53.3 Å². The molecule has 160 valence electrons. The molecule has 1 aromatic carbocycles. The Bertz CT molecular complexity index is 877. The van der Waals surface area contributed by atoms with Gasteiger partial charge in [-0.1, -0.05) is 18.2 Å². The highest BCUT2D eigenvalue weighted by molar-refractivity contribution is 5.96. The molecule has 0 unspecified atom stereocenters. The maximum absolute atomic E-state index is 13.5. The number of piperazine rings is 1. The van der Waals surface area contributed by atoms with Gasteiger partial charge in [-0.25, -0.2) is 0 Å². The number of carbonyl (C=O) groups excluding carboxylic acids is 1. The van der Waals surface area contributed by atoms with Crippen LogP contribution in [0.1, 0.15) is 36.0 Å². The van der Waals surface area contributed by atoms with Crippen molar-refractivity contribution in [2.45, 2.75) is 31.7 Å². The van der Waals surface area contributed by atoms with Crippen LogP contribution in [0, 0.1) is 0 Å². The van der Waals surface area contributed by atoms with Crippen molar-refractivity contribution in [3.8, 4) is 17.2 Å². The Labute approximate surface area is 178 Å². The Balaban J connectivity index is 1.63. The molecular formula is C24H30N2O4. The molecule has 30 heavy (non-hydrogen) atoms. The van der Waals surface area contributed by atoms with E-state index in [-0.39, 0.29) is 5.91 Å². The fraction of sp³-hybridized carbons (Fsp3) is 0.458. The lowest BCUT2D eigenvalue weighted by molar-refractivity contribution is 0.0655. The van der Waals surface area contributed by atoms with Crippen LogP contribution in [-0.2, 0) is 0 Å². The second-order valence-electron chi connectivity index (χ2n) is 7.91. The van der Waals surface area contributed by atoms with Crippen LogP contribution in [0.25, 0.3) is 0 Å².